The van der Waals surface area contributed by atoms with Crippen LogP contribution in [-0.4, -0.2) is 8.32 Å². The third kappa shape index (κ3) is 3.75. The first-order chi connectivity index (χ1) is 13.4. The van der Waals surface area contributed by atoms with E-state index in [2.05, 4.69) is 103 Å². The van der Waals surface area contributed by atoms with Crippen LogP contribution in [0.15, 0.2) is 103 Å². The monoisotopic (exact) mass is 371 g/mol. The number of hydroxylamine groups is 1. The molecule has 0 saturated heterocycles. The predicted octanol–water partition coefficient (Wildman–Crippen LogP) is 3.63. The molecule has 0 unspecified atom stereocenters. The van der Waals surface area contributed by atoms with Gasteiger partial charge in [-0.3, -0.25) is 5.48 Å². The highest BCUT2D eigenvalue weighted by Gasteiger charge is 2.43. The summed E-state index contributed by atoms with van der Waals surface area (Å²) >= 11 is 0. The van der Waals surface area contributed by atoms with Crippen LogP contribution < -0.4 is 21.0 Å². The summed E-state index contributed by atoms with van der Waals surface area (Å²) in [5.74, 6) is 0. The van der Waals surface area contributed by atoms with Crippen molar-refractivity contribution in [1.82, 2.24) is 5.48 Å². The Morgan fingerprint density at radius 3 is 1.52 bits per heavy atom. The molecule has 3 heteroatoms. The standard InChI is InChI=1S/C24H25NOSi/c1-5-13-21(14-6-1)25-26-27(22-15-7-2-8-16-22,23-17-9-3-10-18-23)24-19-11-4-12-20-24/h2-4,7-13,15-20,25H,1,5-6,14H2. The molecule has 0 aromatic heterocycles. The van der Waals surface area contributed by atoms with Crippen LogP contribution >= 0.6 is 0 Å². The van der Waals surface area contributed by atoms with Gasteiger partial charge in [-0.1, -0.05) is 97.1 Å². The maximum absolute atomic E-state index is 6.75. The lowest BCUT2D eigenvalue weighted by atomic mass is 10.1. The van der Waals surface area contributed by atoms with E-state index < -0.39 is 8.32 Å². The van der Waals surface area contributed by atoms with Gasteiger partial charge in [-0.2, -0.15) is 0 Å². The average molecular weight is 372 g/mol. The molecule has 0 aliphatic heterocycles. The molecule has 0 fully saturated rings. The van der Waals surface area contributed by atoms with Crippen LogP contribution in [0.25, 0.3) is 0 Å². The minimum absolute atomic E-state index is 1.06. The van der Waals surface area contributed by atoms with E-state index in [1.54, 1.807) is 0 Å². The summed E-state index contributed by atoms with van der Waals surface area (Å²) in [6.07, 6.45) is 6.96. The summed E-state index contributed by atoms with van der Waals surface area (Å²) in [7, 11) is -2.66. The zero-order valence-corrected chi connectivity index (χ0v) is 16.5. The molecule has 0 radical (unpaired) electrons. The van der Waals surface area contributed by atoms with Gasteiger partial charge in [-0.05, 0) is 41.2 Å². The second kappa shape index (κ2) is 8.38. The van der Waals surface area contributed by atoms with Crippen LogP contribution in [0.4, 0.5) is 0 Å². The molecule has 0 spiro atoms. The normalized spacial score (nSPS) is 14.4. The predicted molar refractivity (Wildman–Crippen MR) is 115 cm³/mol. The number of benzene rings is 3. The SMILES string of the molecule is C1=C(NO[Si](c2ccccc2)(c2ccccc2)c2ccccc2)CCCC1. The smallest absolute Gasteiger partial charge is 0.305 e. The number of nitrogens with one attached hydrogen (secondary N) is 1. The highest BCUT2D eigenvalue weighted by Crippen LogP contribution is 2.16. The number of hydrogen-bond donors (Lipinski definition) is 1. The van der Waals surface area contributed by atoms with Crippen molar-refractivity contribution in [3.8, 4) is 0 Å². The zero-order valence-electron chi connectivity index (χ0n) is 15.5. The van der Waals surface area contributed by atoms with Gasteiger partial charge in [0.05, 0.1) is 0 Å². The van der Waals surface area contributed by atoms with Gasteiger partial charge >= 0.3 is 8.32 Å². The summed E-state index contributed by atoms with van der Waals surface area (Å²) in [5.41, 5.74) is 4.59. The minimum atomic E-state index is -2.66. The largest absolute Gasteiger partial charge is 0.321 e. The molecule has 0 amide bonds. The Balaban J connectivity index is 1.85. The number of hydrogen-bond acceptors (Lipinski definition) is 2. The average Bonchev–Trinajstić information content (AvgIpc) is 2.77. The van der Waals surface area contributed by atoms with E-state index >= 15 is 0 Å². The summed E-state index contributed by atoms with van der Waals surface area (Å²) in [6, 6.07) is 32.0. The Kier molecular flexibility index (Phi) is 5.52. The van der Waals surface area contributed by atoms with Gasteiger partial charge in [-0.15, -0.1) is 0 Å². The van der Waals surface area contributed by atoms with Crippen LogP contribution in [0, 0.1) is 0 Å². The summed E-state index contributed by atoms with van der Waals surface area (Å²) in [4.78, 5) is 0. The molecule has 3 aromatic rings. The molecule has 0 atom stereocenters. The van der Waals surface area contributed by atoms with Gasteiger partial charge in [0.25, 0.3) is 0 Å². The van der Waals surface area contributed by atoms with Crippen LogP contribution in [-0.2, 0) is 4.53 Å². The fourth-order valence-corrected chi connectivity index (χ4v) is 7.39. The third-order valence-electron chi connectivity index (χ3n) is 5.17. The van der Waals surface area contributed by atoms with E-state index in [0.29, 0.717) is 0 Å². The van der Waals surface area contributed by atoms with Crippen molar-refractivity contribution >= 4 is 23.9 Å². The van der Waals surface area contributed by atoms with E-state index in [-0.39, 0.29) is 0 Å². The second-order valence-electron chi connectivity index (χ2n) is 6.96. The molecule has 0 saturated carbocycles. The van der Waals surface area contributed by atoms with Crippen molar-refractivity contribution in [3.63, 3.8) is 0 Å². The molecule has 0 heterocycles. The lowest BCUT2D eigenvalue weighted by Crippen LogP contribution is -2.70. The first kappa shape index (κ1) is 17.8. The van der Waals surface area contributed by atoms with Crippen molar-refractivity contribution in [2.75, 3.05) is 0 Å². The molecule has 0 bridgehead atoms. The van der Waals surface area contributed by atoms with Crippen molar-refractivity contribution in [2.45, 2.75) is 25.7 Å². The molecular weight excluding hydrogens is 346 g/mol. The zero-order chi connectivity index (χ0) is 18.4. The van der Waals surface area contributed by atoms with E-state index in [9.17, 15) is 0 Å². The van der Waals surface area contributed by atoms with Crippen LogP contribution in [0.5, 0.6) is 0 Å². The number of allylic oxidation sites excluding steroid dienone is 2. The van der Waals surface area contributed by atoms with Gasteiger partial charge in [-0.25, -0.2) is 0 Å². The van der Waals surface area contributed by atoms with Crippen molar-refractivity contribution in [1.29, 1.82) is 0 Å². The Bertz CT molecular complexity index is 781. The van der Waals surface area contributed by atoms with Crippen LogP contribution in [0.2, 0.25) is 0 Å². The fourth-order valence-electron chi connectivity index (χ4n) is 3.77. The Labute approximate surface area is 162 Å². The van der Waals surface area contributed by atoms with Gasteiger partial charge in [0, 0.05) is 5.70 Å². The van der Waals surface area contributed by atoms with E-state index in [4.69, 9.17) is 4.53 Å². The van der Waals surface area contributed by atoms with Crippen molar-refractivity contribution < 1.29 is 4.53 Å². The maximum atomic E-state index is 6.75. The summed E-state index contributed by atoms with van der Waals surface area (Å²) < 4.78 is 6.75. The minimum Gasteiger partial charge on any atom is -0.305 e. The van der Waals surface area contributed by atoms with Gasteiger partial charge in [0.1, 0.15) is 0 Å². The molecule has 1 N–H and O–H groups in total. The molecule has 2 nitrogen and oxygen atoms in total. The third-order valence-corrected chi connectivity index (χ3v) is 9.01. The van der Waals surface area contributed by atoms with E-state index in [1.807, 2.05) is 0 Å². The van der Waals surface area contributed by atoms with Gasteiger partial charge < -0.3 is 4.53 Å². The highest BCUT2D eigenvalue weighted by molar-refractivity contribution is 7.07. The quantitative estimate of drug-likeness (QED) is 0.406. The fraction of sp³-hybridized carbons (Fsp3) is 0.167. The molecule has 27 heavy (non-hydrogen) atoms. The summed E-state index contributed by atoms with van der Waals surface area (Å²) in [5, 5.41) is 3.73. The van der Waals surface area contributed by atoms with E-state index in [0.717, 1.165) is 12.8 Å². The van der Waals surface area contributed by atoms with Gasteiger partial charge in [0.15, 0.2) is 0 Å². The topological polar surface area (TPSA) is 21.3 Å². The molecule has 3 aromatic carbocycles. The number of rotatable bonds is 6. The van der Waals surface area contributed by atoms with E-state index in [1.165, 1.54) is 34.1 Å². The summed E-state index contributed by atoms with van der Waals surface area (Å²) in [6.45, 7) is 0. The van der Waals surface area contributed by atoms with Gasteiger partial charge in [0.2, 0.25) is 0 Å². The van der Waals surface area contributed by atoms with Crippen molar-refractivity contribution in [3.05, 3.63) is 103 Å². The molecular formula is C24H25NOSi. The second-order valence-corrected chi connectivity index (χ2v) is 10.3. The van der Waals surface area contributed by atoms with Crippen LogP contribution in [0.3, 0.4) is 0 Å². The Hall–Kier alpha value is -2.62. The first-order valence-corrected chi connectivity index (χ1v) is 11.6. The Morgan fingerprint density at radius 1 is 0.630 bits per heavy atom. The molecule has 136 valence electrons. The molecule has 4 rings (SSSR count). The lowest BCUT2D eigenvalue weighted by Gasteiger charge is -2.33. The van der Waals surface area contributed by atoms with Crippen molar-refractivity contribution in [2.24, 2.45) is 0 Å². The first-order valence-electron chi connectivity index (χ1n) is 9.69. The lowest BCUT2D eigenvalue weighted by molar-refractivity contribution is 0.223. The molecule has 1 aliphatic rings. The highest BCUT2D eigenvalue weighted by atomic mass is 28.4. The van der Waals surface area contributed by atoms with Crippen LogP contribution in [0.1, 0.15) is 25.7 Å². The maximum Gasteiger partial charge on any atom is 0.321 e. The molecule has 1 aliphatic carbocycles. The Morgan fingerprint density at radius 2 is 1.11 bits per heavy atom.